The Kier molecular flexibility index (Phi) is 22.7. The fraction of sp³-hybridized carbons (Fsp3) is 0.316. The molecule has 0 N–H and O–H groups in total. The molecule has 0 spiro atoms. The highest BCUT2D eigenvalue weighted by Crippen LogP contribution is 2.47. The number of rotatable bonds is 9. The van der Waals surface area contributed by atoms with Crippen LogP contribution in [0.15, 0.2) is 273 Å². The van der Waals surface area contributed by atoms with Crippen LogP contribution in [0, 0.1) is 0 Å². The van der Waals surface area contributed by atoms with Crippen molar-refractivity contribution >= 4 is 0 Å². The fourth-order valence-electron chi connectivity index (χ4n) is 10.5. The molecule has 0 atom stereocenters. The third-order valence-electron chi connectivity index (χ3n) is 17.0. The van der Waals surface area contributed by atoms with Gasteiger partial charge in [0, 0.05) is 10.8 Å². The van der Waals surface area contributed by atoms with Crippen molar-refractivity contribution in [1.82, 2.24) is 0 Å². The van der Waals surface area contributed by atoms with Gasteiger partial charge in [-0.2, -0.15) is 0 Å². The van der Waals surface area contributed by atoms with E-state index in [1.165, 1.54) is 101 Å². The molecule has 0 radical (unpaired) electrons. The molecule has 0 heteroatoms. The van der Waals surface area contributed by atoms with Crippen LogP contribution in [0.4, 0.5) is 0 Å². The summed E-state index contributed by atoms with van der Waals surface area (Å²) in [4.78, 5) is 0. The van der Waals surface area contributed by atoms with E-state index in [9.17, 15) is 0 Å². The number of hydrogen-bond donors (Lipinski definition) is 0. The molecule has 9 aromatic rings. The van der Waals surface area contributed by atoms with Gasteiger partial charge in [-0.05, 0) is 111 Å². The summed E-state index contributed by atoms with van der Waals surface area (Å²) in [5, 5.41) is 0. The molecule has 2 aliphatic carbocycles. The molecule has 2 fully saturated rings. The number of benzene rings is 9. The maximum atomic E-state index is 2.42. The summed E-state index contributed by atoms with van der Waals surface area (Å²) in [6.07, 6.45) is 10.9. The van der Waals surface area contributed by atoms with Crippen molar-refractivity contribution in [2.75, 3.05) is 0 Å². The van der Waals surface area contributed by atoms with E-state index in [2.05, 4.69) is 349 Å². The van der Waals surface area contributed by atoms with E-state index in [1.54, 1.807) is 0 Å². The summed E-state index contributed by atoms with van der Waals surface area (Å²) in [6, 6.07) is 96.4. The van der Waals surface area contributed by atoms with Gasteiger partial charge in [-0.3, -0.25) is 0 Å². The van der Waals surface area contributed by atoms with Gasteiger partial charge in [0.25, 0.3) is 0 Å². The predicted octanol–water partition coefficient (Wildman–Crippen LogP) is 22.1. The normalized spacial score (nSPS) is 14.2. The second kappa shape index (κ2) is 29.3. The maximum absolute atomic E-state index is 2.42. The minimum atomic E-state index is -0.121. The molecule has 0 bridgehead atoms. The summed E-state index contributed by atoms with van der Waals surface area (Å²) >= 11 is 0. The van der Waals surface area contributed by atoms with Gasteiger partial charge in [-0.25, -0.2) is 0 Å². The quantitative estimate of drug-likeness (QED) is 0.126. The first-order valence-corrected chi connectivity index (χ1v) is 29.4. The summed E-state index contributed by atoms with van der Waals surface area (Å²) in [5.41, 5.74) is 14.2. The first-order valence-electron chi connectivity index (χ1n) is 29.4. The molecule has 9 aromatic carbocycles. The third-order valence-corrected chi connectivity index (χ3v) is 17.0. The van der Waals surface area contributed by atoms with Crippen LogP contribution in [0.5, 0.6) is 0 Å². The van der Waals surface area contributed by atoms with Gasteiger partial charge < -0.3 is 0 Å². The van der Waals surface area contributed by atoms with Gasteiger partial charge in [0.2, 0.25) is 0 Å². The lowest BCUT2D eigenvalue weighted by atomic mass is 9.71. The Bertz CT molecular complexity index is 2820. The van der Waals surface area contributed by atoms with Crippen LogP contribution in [0.3, 0.4) is 0 Å². The Morgan fingerprint density at radius 3 is 0.772 bits per heavy atom. The molecule has 0 aromatic heterocycles. The molecule has 79 heavy (non-hydrogen) atoms. The maximum Gasteiger partial charge on any atom is 0.0423 e. The highest BCUT2D eigenvalue weighted by molar-refractivity contribution is 5.49. The molecule has 410 valence electrons. The second-order valence-electron chi connectivity index (χ2n) is 24.7. The summed E-state index contributed by atoms with van der Waals surface area (Å²) in [7, 11) is 0. The van der Waals surface area contributed by atoms with Crippen molar-refractivity contribution in [1.29, 1.82) is 0 Å². The van der Waals surface area contributed by atoms with E-state index in [4.69, 9.17) is 0 Å². The van der Waals surface area contributed by atoms with Crippen LogP contribution in [-0.4, -0.2) is 0 Å². The van der Waals surface area contributed by atoms with Gasteiger partial charge in [-0.15, -0.1) is 0 Å². The molecular weight excluding hydrogens is 949 g/mol. The molecule has 0 saturated heterocycles. The zero-order valence-electron chi connectivity index (χ0n) is 50.1. The summed E-state index contributed by atoms with van der Waals surface area (Å²) in [5.74, 6) is 0. The van der Waals surface area contributed by atoms with E-state index >= 15 is 0 Å². The van der Waals surface area contributed by atoms with Gasteiger partial charge in [-0.1, -0.05) is 361 Å². The number of hydrogen-bond acceptors (Lipinski definition) is 0. The minimum Gasteiger partial charge on any atom is -0.0646 e. The lowest BCUT2D eigenvalue weighted by Crippen LogP contribution is -2.25. The Morgan fingerprint density at radius 2 is 0.519 bits per heavy atom. The predicted molar refractivity (Wildman–Crippen MR) is 345 cm³/mol. The molecule has 2 saturated carbocycles. The molecule has 0 aliphatic heterocycles. The smallest absolute Gasteiger partial charge is 0.0423 e. The Labute approximate surface area is 480 Å². The van der Waals surface area contributed by atoms with Crippen LogP contribution < -0.4 is 0 Å². The van der Waals surface area contributed by atoms with Crippen molar-refractivity contribution in [3.8, 4) is 0 Å². The van der Waals surface area contributed by atoms with Crippen LogP contribution >= 0.6 is 0 Å². The van der Waals surface area contributed by atoms with Gasteiger partial charge in [0.1, 0.15) is 0 Å². The van der Waals surface area contributed by atoms with Crippen LogP contribution in [-0.2, 0) is 32.5 Å². The van der Waals surface area contributed by atoms with Crippen molar-refractivity contribution in [2.24, 2.45) is 0 Å². The standard InChI is InChI=1S/C20H18.C15H16.C13H18.C11H16.C10H12.C10H14/c1-20(17-11-5-2-6-12-17,18-13-7-3-8-14-18)19-15-9-4-10-16-19;1-15(2,13-9-5-3-6-10-13)14-11-7-4-8-12-14;1-13(10-6-3-7-11-13)12-8-4-2-5-9-12;1-4-11(2,3)10-8-6-5-7-9-10;1-10(7-8-10)9-5-3-2-4-6-9;1-10(2,3)9-7-5-4-6-8-9/h2-16H,1H3;3-12H,1-2H3;2,4-5,8-9H,3,6-7,10-11H2,1H3;5-9H,4H2,1-3H3;2-6H,7-8H2,1H3;4-8H,1-3H3. The molecule has 2 aliphatic rings. The Balaban J connectivity index is 0.000000156. The molecule has 11 rings (SSSR count). The van der Waals surface area contributed by atoms with Gasteiger partial charge in [0.05, 0.1) is 0 Å². The summed E-state index contributed by atoms with van der Waals surface area (Å²) in [6.45, 7) is 25.0. The average molecular weight is 1040 g/mol. The molecule has 0 unspecified atom stereocenters. The summed E-state index contributed by atoms with van der Waals surface area (Å²) < 4.78 is 0. The van der Waals surface area contributed by atoms with Crippen LogP contribution in [0.2, 0.25) is 0 Å². The first-order chi connectivity index (χ1) is 37.9. The first kappa shape index (κ1) is 61.2. The SMILES string of the molecule is CC(C)(C)c1ccccc1.CC(C)(c1ccccc1)c1ccccc1.CC(c1ccccc1)(c1ccccc1)c1ccccc1.CC1(c2ccccc2)CC1.CC1(c2ccccc2)CCCCC1.CCC(C)(C)c1ccccc1. The zero-order chi connectivity index (χ0) is 56.7. The lowest BCUT2D eigenvalue weighted by molar-refractivity contribution is 0.319. The molecule has 0 heterocycles. The fourth-order valence-corrected chi connectivity index (χ4v) is 10.5. The third kappa shape index (κ3) is 18.0. The Hall–Kier alpha value is -7.02. The van der Waals surface area contributed by atoms with E-state index < -0.39 is 0 Å². The minimum absolute atomic E-state index is 0.0858. The van der Waals surface area contributed by atoms with Crippen molar-refractivity contribution in [3.63, 3.8) is 0 Å². The van der Waals surface area contributed by atoms with Crippen LogP contribution in [0.1, 0.15) is 178 Å². The topological polar surface area (TPSA) is 0 Å². The van der Waals surface area contributed by atoms with Crippen LogP contribution in [0.25, 0.3) is 0 Å². The van der Waals surface area contributed by atoms with E-state index in [1.807, 2.05) is 0 Å². The van der Waals surface area contributed by atoms with Crippen molar-refractivity contribution in [2.45, 2.75) is 160 Å². The van der Waals surface area contributed by atoms with E-state index in [0.717, 1.165) is 0 Å². The molecule has 0 amide bonds. The van der Waals surface area contributed by atoms with E-state index in [0.29, 0.717) is 21.7 Å². The lowest BCUT2D eigenvalue weighted by Gasteiger charge is -2.34. The highest BCUT2D eigenvalue weighted by Gasteiger charge is 2.38. The van der Waals surface area contributed by atoms with Gasteiger partial charge in [0.15, 0.2) is 0 Å². The van der Waals surface area contributed by atoms with Crippen molar-refractivity contribution in [3.05, 3.63) is 323 Å². The second-order valence-corrected chi connectivity index (χ2v) is 24.7. The zero-order valence-corrected chi connectivity index (χ0v) is 50.1. The van der Waals surface area contributed by atoms with Gasteiger partial charge >= 0.3 is 0 Å². The average Bonchev–Trinajstić information content (AvgIpc) is 4.30. The monoisotopic (exact) mass is 1040 g/mol. The van der Waals surface area contributed by atoms with E-state index in [-0.39, 0.29) is 10.8 Å². The highest BCUT2D eigenvalue weighted by atomic mass is 14.4. The van der Waals surface area contributed by atoms with Crippen molar-refractivity contribution < 1.29 is 0 Å². The molecular formula is C79H94. The molecule has 0 nitrogen and oxygen atoms in total. The largest absolute Gasteiger partial charge is 0.0646 e. The Morgan fingerprint density at radius 1 is 0.278 bits per heavy atom.